The lowest BCUT2D eigenvalue weighted by molar-refractivity contribution is 0.568. The normalized spacial score (nSPS) is 12.2. The van der Waals surface area contributed by atoms with E-state index >= 15 is 0 Å². The summed E-state index contributed by atoms with van der Waals surface area (Å²) in [4.78, 5) is 4.22. The van der Waals surface area contributed by atoms with Gasteiger partial charge in [-0.1, -0.05) is 48.0 Å². The molecule has 0 saturated carbocycles. The van der Waals surface area contributed by atoms with E-state index in [0.717, 1.165) is 16.7 Å². The largest absolute Gasteiger partial charge is 0.352 e. The maximum absolute atomic E-state index is 12.3. The summed E-state index contributed by atoms with van der Waals surface area (Å²) in [7, 11) is -1.69. The molecule has 0 unspecified atom stereocenters. The van der Waals surface area contributed by atoms with Crippen LogP contribution in [0.25, 0.3) is 0 Å². The maximum atomic E-state index is 12.3. The van der Waals surface area contributed by atoms with Crippen LogP contribution in [-0.2, 0) is 28.9 Å². The van der Waals surface area contributed by atoms with Crippen molar-refractivity contribution in [2.45, 2.75) is 38.7 Å². The molecule has 2 aromatic carbocycles. The Morgan fingerprint density at radius 3 is 2.21 bits per heavy atom. The summed E-state index contributed by atoms with van der Waals surface area (Å²) in [6, 6.07) is 14.9. The van der Waals surface area contributed by atoms with Crippen molar-refractivity contribution >= 4 is 27.6 Å². The van der Waals surface area contributed by atoms with Crippen molar-refractivity contribution in [3.8, 4) is 0 Å². The first kappa shape index (κ1) is 22.2. The van der Waals surface area contributed by atoms with E-state index in [9.17, 15) is 8.42 Å². The van der Waals surface area contributed by atoms with Gasteiger partial charge in [0.2, 0.25) is 10.0 Å². The molecule has 28 heavy (non-hydrogen) atoms. The van der Waals surface area contributed by atoms with Crippen molar-refractivity contribution in [1.29, 1.82) is 0 Å². The molecule has 0 amide bonds. The van der Waals surface area contributed by atoms with E-state index in [2.05, 4.69) is 20.3 Å². The third kappa shape index (κ3) is 7.50. The zero-order valence-electron chi connectivity index (χ0n) is 16.4. The molecule has 0 aliphatic carbocycles. The highest BCUT2D eigenvalue weighted by Crippen LogP contribution is 2.13. The SMILES string of the molecule is CN=C(NCc1ccc(Cl)cc1)NCc1ccccc1CS(=O)(=O)NC(C)C. The Morgan fingerprint density at radius 1 is 1.00 bits per heavy atom. The zero-order chi connectivity index (χ0) is 20.6. The summed E-state index contributed by atoms with van der Waals surface area (Å²) >= 11 is 5.90. The summed E-state index contributed by atoms with van der Waals surface area (Å²) in [5, 5.41) is 7.17. The minimum Gasteiger partial charge on any atom is -0.352 e. The van der Waals surface area contributed by atoms with Crippen molar-refractivity contribution in [2.75, 3.05) is 7.05 Å². The van der Waals surface area contributed by atoms with E-state index in [1.165, 1.54) is 0 Å². The highest BCUT2D eigenvalue weighted by molar-refractivity contribution is 7.88. The molecule has 152 valence electrons. The predicted octanol–water partition coefficient (Wildman–Crippen LogP) is 3.03. The van der Waals surface area contributed by atoms with Gasteiger partial charge < -0.3 is 10.6 Å². The van der Waals surface area contributed by atoms with Crippen molar-refractivity contribution < 1.29 is 8.42 Å². The average molecular weight is 423 g/mol. The second-order valence-electron chi connectivity index (χ2n) is 6.71. The summed E-state index contributed by atoms with van der Waals surface area (Å²) in [6.45, 7) is 4.68. The Bertz CT molecular complexity index is 897. The molecule has 0 heterocycles. The molecule has 0 aliphatic heterocycles. The quantitative estimate of drug-likeness (QED) is 0.451. The van der Waals surface area contributed by atoms with Gasteiger partial charge in [-0.3, -0.25) is 4.99 Å². The Morgan fingerprint density at radius 2 is 1.61 bits per heavy atom. The molecule has 0 bridgehead atoms. The Hall–Kier alpha value is -2.09. The van der Waals surface area contributed by atoms with E-state index in [4.69, 9.17) is 11.6 Å². The molecule has 0 fully saturated rings. The molecular formula is C20H27ClN4O2S. The molecule has 6 nitrogen and oxygen atoms in total. The number of halogens is 1. The highest BCUT2D eigenvalue weighted by Gasteiger charge is 2.15. The van der Waals surface area contributed by atoms with Crippen LogP contribution in [-0.4, -0.2) is 27.5 Å². The summed E-state index contributed by atoms with van der Waals surface area (Å²) in [5.74, 6) is 0.577. The number of guanidine groups is 1. The predicted molar refractivity (Wildman–Crippen MR) is 116 cm³/mol. The molecular weight excluding hydrogens is 396 g/mol. The average Bonchev–Trinajstić information content (AvgIpc) is 2.63. The number of sulfonamides is 1. The van der Waals surface area contributed by atoms with Gasteiger partial charge in [0.1, 0.15) is 0 Å². The van der Waals surface area contributed by atoms with E-state index < -0.39 is 10.0 Å². The lowest BCUT2D eigenvalue weighted by atomic mass is 10.1. The Labute approximate surface area is 172 Å². The van der Waals surface area contributed by atoms with Crippen LogP contribution in [0.15, 0.2) is 53.5 Å². The van der Waals surface area contributed by atoms with Gasteiger partial charge >= 0.3 is 0 Å². The van der Waals surface area contributed by atoms with E-state index in [1.54, 1.807) is 20.9 Å². The minimum atomic E-state index is -3.38. The fourth-order valence-corrected chi connectivity index (χ4v) is 4.28. The molecule has 0 saturated heterocycles. The Kier molecular flexibility index (Phi) is 8.29. The van der Waals surface area contributed by atoms with Gasteiger partial charge in [-0.25, -0.2) is 13.1 Å². The highest BCUT2D eigenvalue weighted by atomic mass is 35.5. The topological polar surface area (TPSA) is 82.6 Å². The number of rotatable bonds is 8. The van der Waals surface area contributed by atoms with Gasteiger partial charge in [-0.15, -0.1) is 0 Å². The zero-order valence-corrected chi connectivity index (χ0v) is 17.9. The molecule has 2 aromatic rings. The van der Waals surface area contributed by atoms with E-state index in [-0.39, 0.29) is 11.8 Å². The first-order valence-corrected chi connectivity index (χ1v) is 11.1. The lowest BCUT2D eigenvalue weighted by Gasteiger charge is -2.15. The van der Waals surface area contributed by atoms with Crippen molar-refractivity contribution in [2.24, 2.45) is 4.99 Å². The van der Waals surface area contributed by atoms with Gasteiger partial charge in [-0.05, 0) is 42.7 Å². The monoisotopic (exact) mass is 422 g/mol. The van der Waals surface area contributed by atoms with Crippen molar-refractivity contribution in [3.63, 3.8) is 0 Å². The van der Waals surface area contributed by atoms with Gasteiger partial charge in [0.05, 0.1) is 5.75 Å². The molecule has 0 aromatic heterocycles. The number of hydrogen-bond acceptors (Lipinski definition) is 3. The van der Waals surface area contributed by atoms with Crippen LogP contribution >= 0.6 is 11.6 Å². The first-order valence-electron chi connectivity index (χ1n) is 9.05. The fraction of sp³-hybridized carbons (Fsp3) is 0.350. The van der Waals surface area contributed by atoms with Crippen LogP contribution in [0.1, 0.15) is 30.5 Å². The molecule has 3 N–H and O–H groups in total. The summed E-state index contributed by atoms with van der Waals surface area (Å²) in [6.07, 6.45) is 0. The van der Waals surface area contributed by atoms with Crippen molar-refractivity contribution in [1.82, 2.24) is 15.4 Å². The van der Waals surface area contributed by atoms with Crippen LogP contribution in [0.3, 0.4) is 0 Å². The number of benzene rings is 2. The molecule has 8 heteroatoms. The third-order valence-corrected chi connectivity index (χ3v) is 5.70. The fourth-order valence-electron chi connectivity index (χ4n) is 2.66. The summed E-state index contributed by atoms with van der Waals surface area (Å²) in [5.41, 5.74) is 2.75. The minimum absolute atomic E-state index is 0.0557. The smallest absolute Gasteiger partial charge is 0.216 e. The number of hydrogen-bond donors (Lipinski definition) is 3. The number of nitrogens with one attached hydrogen (secondary N) is 3. The van der Waals surface area contributed by atoms with Crippen LogP contribution in [0.4, 0.5) is 0 Å². The number of nitrogens with zero attached hydrogens (tertiary/aromatic N) is 1. The lowest BCUT2D eigenvalue weighted by Crippen LogP contribution is -2.36. The first-order chi connectivity index (χ1) is 13.3. The van der Waals surface area contributed by atoms with E-state index in [1.807, 2.05) is 48.5 Å². The summed E-state index contributed by atoms with van der Waals surface area (Å²) < 4.78 is 27.1. The van der Waals surface area contributed by atoms with Crippen LogP contribution in [0.2, 0.25) is 5.02 Å². The van der Waals surface area contributed by atoms with Crippen molar-refractivity contribution in [3.05, 3.63) is 70.2 Å². The molecule has 0 radical (unpaired) electrons. The van der Waals surface area contributed by atoms with Gasteiger partial charge in [0, 0.05) is 31.2 Å². The third-order valence-electron chi connectivity index (χ3n) is 3.92. The maximum Gasteiger partial charge on any atom is 0.216 e. The van der Waals surface area contributed by atoms with E-state index in [0.29, 0.717) is 24.1 Å². The van der Waals surface area contributed by atoms with Gasteiger partial charge in [0.15, 0.2) is 5.96 Å². The molecule has 0 atom stereocenters. The van der Waals surface area contributed by atoms with Crippen LogP contribution in [0.5, 0.6) is 0 Å². The molecule has 2 rings (SSSR count). The second-order valence-corrected chi connectivity index (χ2v) is 8.90. The van der Waals surface area contributed by atoms with Crippen LogP contribution in [0, 0.1) is 0 Å². The number of aliphatic imine (C=N–C) groups is 1. The van der Waals surface area contributed by atoms with Crippen LogP contribution < -0.4 is 15.4 Å². The standard InChI is InChI=1S/C20H27ClN4O2S/c1-15(2)25-28(26,27)14-18-7-5-4-6-17(18)13-24-20(22-3)23-12-16-8-10-19(21)11-9-16/h4-11,15,25H,12-14H2,1-3H3,(H2,22,23,24). The van der Waals surface area contributed by atoms with Gasteiger partial charge in [0.25, 0.3) is 0 Å². The Balaban J connectivity index is 1.98. The molecule has 0 spiro atoms. The second kappa shape index (κ2) is 10.5. The molecule has 0 aliphatic rings. The van der Waals surface area contributed by atoms with Gasteiger partial charge in [-0.2, -0.15) is 0 Å².